The van der Waals surface area contributed by atoms with Crippen LogP contribution in [0.5, 0.6) is 0 Å². The first-order valence-electron chi connectivity index (χ1n) is 10.9. The number of thioether (sulfide) groups is 2. The van der Waals surface area contributed by atoms with Gasteiger partial charge in [-0.3, -0.25) is 24.6 Å². The second kappa shape index (κ2) is 10.8. The molecule has 0 radical (unpaired) electrons. The molecule has 196 valence electrons. The average Bonchev–Trinajstić information content (AvgIpc) is 3.58. The third-order valence-corrected chi connectivity index (χ3v) is 8.42. The molecule has 0 aliphatic carbocycles. The molecule has 0 saturated carbocycles. The average molecular weight is 574 g/mol. The molecule has 3 aromatic heterocycles. The Morgan fingerprint density at radius 2 is 2.26 bits per heavy atom. The summed E-state index contributed by atoms with van der Waals surface area (Å²) in [4.78, 5) is 56.5. The van der Waals surface area contributed by atoms with E-state index in [1.165, 1.54) is 35.5 Å². The fourth-order valence-corrected chi connectivity index (χ4v) is 6.62. The molecule has 2 aliphatic rings. The summed E-state index contributed by atoms with van der Waals surface area (Å²) in [5, 5.41) is 24.9. The number of H-pyrrole nitrogens is 1. The van der Waals surface area contributed by atoms with E-state index < -0.39 is 29.2 Å². The van der Waals surface area contributed by atoms with Crippen molar-refractivity contribution in [1.29, 1.82) is 0 Å². The molecule has 2 atom stereocenters. The number of fused-ring (bicyclic) bond motifs is 1. The summed E-state index contributed by atoms with van der Waals surface area (Å²) < 4.78 is 0. The fourth-order valence-electron chi connectivity index (χ4n) is 3.79. The predicted octanol–water partition coefficient (Wildman–Crippen LogP) is 0.787. The van der Waals surface area contributed by atoms with Gasteiger partial charge >= 0.3 is 5.97 Å². The molecular weight excluding hydrogens is 554 g/mol. The lowest BCUT2D eigenvalue weighted by Crippen LogP contribution is -2.71. The summed E-state index contributed by atoms with van der Waals surface area (Å²) in [6.45, 7) is 0. The number of pyridine rings is 1. The van der Waals surface area contributed by atoms with Crippen LogP contribution in [-0.4, -0.2) is 88.7 Å². The van der Waals surface area contributed by atoms with Gasteiger partial charge in [0.1, 0.15) is 29.9 Å². The number of carboxylic acids is 1. The van der Waals surface area contributed by atoms with Crippen LogP contribution in [0.4, 0.5) is 5.13 Å². The number of nitrogens with zero attached hydrogens (tertiary/aromatic N) is 6. The van der Waals surface area contributed by atoms with E-state index in [0.717, 1.165) is 16.9 Å². The van der Waals surface area contributed by atoms with E-state index >= 15 is 0 Å². The molecule has 1 fully saturated rings. The Bertz CT molecular complexity index is 1460. The third kappa shape index (κ3) is 4.94. The number of hydrogen-bond donors (Lipinski definition) is 4. The maximum Gasteiger partial charge on any atom is 0.352 e. The number of aliphatic carboxylic acids is 1. The number of anilines is 1. The lowest BCUT2D eigenvalue weighted by Gasteiger charge is -2.49. The van der Waals surface area contributed by atoms with E-state index in [0.29, 0.717) is 22.3 Å². The van der Waals surface area contributed by atoms with Gasteiger partial charge in [-0.1, -0.05) is 16.9 Å². The van der Waals surface area contributed by atoms with Crippen molar-refractivity contribution in [3.63, 3.8) is 0 Å². The minimum absolute atomic E-state index is 0.0992. The molecule has 0 aromatic carbocycles. The number of nitrogen functional groups attached to an aromatic ring is 1. The maximum atomic E-state index is 13.0. The van der Waals surface area contributed by atoms with Crippen LogP contribution in [0.15, 0.2) is 51.5 Å². The Kier molecular flexibility index (Phi) is 7.30. The van der Waals surface area contributed by atoms with Gasteiger partial charge in [-0.2, -0.15) is 0 Å². The van der Waals surface area contributed by atoms with Gasteiger partial charge in [0, 0.05) is 34.8 Å². The fraction of sp³-hybridized carbons (Fsp3) is 0.238. The molecule has 2 aliphatic heterocycles. The van der Waals surface area contributed by atoms with Crippen molar-refractivity contribution in [2.24, 2.45) is 5.16 Å². The Hall–Kier alpha value is -3.96. The third-order valence-electron chi connectivity index (χ3n) is 5.47. The molecule has 3 aromatic rings. The lowest BCUT2D eigenvalue weighted by atomic mass is 10.0. The molecule has 0 unspecified atom stereocenters. The van der Waals surface area contributed by atoms with Crippen molar-refractivity contribution in [2.45, 2.75) is 16.6 Å². The molecule has 1 saturated heterocycles. The number of thiazole rings is 1. The standard InChI is InChI=1S/C21H19N9O5S3/c1-35-29-12(11-8-37-20(22)24-11)16(31)25-13-17(32)30-14(19(33)34)10(6-36-18(13)30)7-38-21-26-15(27-28-21)9-3-2-4-23-5-9/h2-5,8,13,18H,6-7H2,1H3,(H2,22,24)(H,25,31)(H,33,34)(H,26,27,28)/t13-,18+/m1/s1. The Balaban J connectivity index is 1.28. The second-order valence-electron chi connectivity index (χ2n) is 7.81. The molecule has 2 amide bonds. The van der Waals surface area contributed by atoms with E-state index in [-0.39, 0.29) is 28.0 Å². The molecule has 38 heavy (non-hydrogen) atoms. The van der Waals surface area contributed by atoms with Gasteiger partial charge in [-0.15, -0.1) is 28.2 Å². The molecule has 5 heterocycles. The highest BCUT2D eigenvalue weighted by Crippen LogP contribution is 2.41. The minimum Gasteiger partial charge on any atom is -0.477 e. The maximum absolute atomic E-state index is 13.0. The number of hydrogen-bond acceptors (Lipinski definition) is 13. The van der Waals surface area contributed by atoms with E-state index in [9.17, 15) is 19.5 Å². The van der Waals surface area contributed by atoms with Crippen molar-refractivity contribution in [3.8, 4) is 11.4 Å². The Morgan fingerprint density at radius 3 is 2.95 bits per heavy atom. The first-order valence-corrected chi connectivity index (χ1v) is 13.8. The lowest BCUT2D eigenvalue weighted by molar-refractivity contribution is -0.150. The number of carbonyl (C=O) groups excluding carboxylic acids is 2. The number of nitrogens with one attached hydrogen (secondary N) is 2. The Labute approximate surface area is 227 Å². The van der Waals surface area contributed by atoms with E-state index in [4.69, 9.17) is 10.6 Å². The molecule has 5 N–H and O–H groups in total. The molecule has 14 nitrogen and oxygen atoms in total. The summed E-state index contributed by atoms with van der Waals surface area (Å²) >= 11 is 3.73. The van der Waals surface area contributed by atoms with Crippen LogP contribution in [0.3, 0.4) is 0 Å². The number of carbonyl (C=O) groups is 3. The number of rotatable bonds is 9. The summed E-state index contributed by atoms with van der Waals surface area (Å²) in [5.74, 6) is -1.30. The van der Waals surface area contributed by atoms with E-state index in [1.54, 1.807) is 23.8 Å². The van der Waals surface area contributed by atoms with E-state index in [2.05, 4.69) is 35.6 Å². The largest absolute Gasteiger partial charge is 0.477 e. The van der Waals surface area contributed by atoms with Crippen LogP contribution in [0.25, 0.3) is 11.4 Å². The van der Waals surface area contributed by atoms with Crippen LogP contribution >= 0.6 is 34.9 Å². The molecule has 17 heteroatoms. The molecular formula is C21H19N9O5S3. The number of amides is 2. The summed E-state index contributed by atoms with van der Waals surface area (Å²) in [6.07, 6.45) is 3.30. The number of oxime groups is 1. The smallest absolute Gasteiger partial charge is 0.352 e. The van der Waals surface area contributed by atoms with Crippen LogP contribution < -0.4 is 11.1 Å². The highest BCUT2D eigenvalue weighted by atomic mass is 32.2. The van der Waals surface area contributed by atoms with Crippen LogP contribution in [0, 0.1) is 0 Å². The van der Waals surface area contributed by atoms with Gasteiger partial charge in [0.05, 0.1) is 0 Å². The monoisotopic (exact) mass is 573 g/mol. The van der Waals surface area contributed by atoms with Gasteiger partial charge in [-0.05, 0) is 17.7 Å². The number of carboxylic acid groups (broad SMARTS) is 1. The van der Waals surface area contributed by atoms with Gasteiger partial charge in [0.2, 0.25) is 5.16 Å². The highest BCUT2D eigenvalue weighted by Gasteiger charge is 2.54. The first kappa shape index (κ1) is 25.7. The van der Waals surface area contributed by atoms with Crippen molar-refractivity contribution in [3.05, 3.63) is 46.9 Å². The van der Waals surface area contributed by atoms with Crippen molar-refractivity contribution >= 4 is 63.5 Å². The zero-order valence-electron chi connectivity index (χ0n) is 19.5. The second-order valence-corrected chi connectivity index (χ2v) is 10.7. The van der Waals surface area contributed by atoms with Crippen LogP contribution in [0.2, 0.25) is 0 Å². The van der Waals surface area contributed by atoms with Crippen molar-refractivity contribution < 1.29 is 24.3 Å². The number of aromatic amines is 1. The van der Waals surface area contributed by atoms with Crippen LogP contribution in [0.1, 0.15) is 5.69 Å². The number of aromatic nitrogens is 5. The molecule has 5 rings (SSSR count). The topological polar surface area (TPSA) is 202 Å². The van der Waals surface area contributed by atoms with Gasteiger partial charge in [-0.25, -0.2) is 14.8 Å². The highest BCUT2D eigenvalue weighted by molar-refractivity contribution is 8.01. The summed E-state index contributed by atoms with van der Waals surface area (Å²) in [6, 6.07) is 2.68. The number of β-lactam (4-membered cyclic amide) rings is 1. The SMILES string of the molecule is CON=C(C(=O)N[C@@H]1C(=O)N2C(C(=O)O)=C(CSc3n[nH]c(-c4cccnc4)n3)CS[C@@H]12)c1csc(N)n1. The normalized spacial score (nSPS) is 19.1. The molecule has 0 spiro atoms. The number of nitrogens with two attached hydrogens (primary N) is 1. The summed E-state index contributed by atoms with van der Waals surface area (Å²) in [5.41, 5.74) is 6.93. The van der Waals surface area contributed by atoms with Gasteiger partial charge < -0.3 is 21.0 Å². The quantitative estimate of drug-likeness (QED) is 0.121. The first-order chi connectivity index (χ1) is 18.4. The predicted molar refractivity (Wildman–Crippen MR) is 140 cm³/mol. The van der Waals surface area contributed by atoms with Crippen molar-refractivity contribution in [1.82, 2.24) is 35.4 Å². The summed E-state index contributed by atoms with van der Waals surface area (Å²) in [7, 11) is 1.28. The van der Waals surface area contributed by atoms with Gasteiger partial charge in [0.25, 0.3) is 11.8 Å². The van der Waals surface area contributed by atoms with Crippen molar-refractivity contribution in [2.75, 3.05) is 24.3 Å². The Morgan fingerprint density at radius 1 is 1.42 bits per heavy atom. The zero-order chi connectivity index (χ0) is 26.8. The van der Waals surface area contributed by atoms with Gasteiger partial charge in [0.15, 0.2) is 16.7 Å². The van der Waals surface area contributed by atoms with Crippen LogP contribution in [-0.2, 0) is 19.2 Å². The zero-order valence-corrected chi connectivity index (χ0v) is 22.0. The van der Waals surface area contributed by atoms with E-state index in [1.807, 2.05) is 6.07 Å². The molecule has 0 bridgehead atoms. The minimum atomic E-state index is -1.23.